The third-order valence-electron chi connectivity index (χ3n) is 2.46. The van der Waals surface area contributed by atoms with E-state index in [1.807, 2.05) is 6.92 Å². The zero-order chi connectivity index (χ0) is 15.3. The molecule has 8 heteroatoms. The fraction of sp³-hybridized carbons (Fsp3) is 0.417. The zero-order valence-corrected chi connectivity index (χ0v) is 11.9. The largest absolute Gasteiger partial charge is 0.479 e. The van der Waals surface area contributed by atoms with Gasteiger partial charge in [0.25, 0.3) is 5.91 Å². The van der Waals surface area contributed by atoms with Crippen molar-refractivity contribution in [1.29, 1.82) is 0 Å². The van der Waals surface area contributed by atoms with E-state index >= 15 is 0 Å². The van der Waals surface area contributed by atoms with Gasteiger partial charge in [-0.2, -0.15) is 0 Å². The van der Waals surface area contributed by atoms with Crippen LogP contribution in [0, 0.1) is 6.92 Å². The van der Waals surface area contributed by atoms with E-state index in [1.54, 1.807) is 12.1 Å². The van der Waals surface area contributed by atoms with Crippen molar-refractivity contribution < 1.29 is 24.6 Å². The first-order valence-corrected chi connectivity index (χ1v) is 6.61. The molecule has 0 spiro atoms. The molecule has 1 aromatic rings. The summed E-state index contributed by atoms with van der Waals surface area (Å²) in [7, 11) is 0. The van der Waals surface area contributed by atoms with Crippen molar-refractivity contribution in [3.8, 4) is 0 Å². The first-order valence-electron chi connectivity index (χ1n) is 5.79. The molecule has 0 aliphatic heterocycles. The van der Waals surface area contributed by atoms with Crippen LogP contribution in [0.5, 0.6) is 0 Å². The van der Waals surface area contributed by atoms with Crippen molar-refractivity contribution in [2.45, 2.75) is 19.4 Å². The Morgan fingerprint density at radius 2 is 1.95 bits per heavy atom. The van der Waals surface area contributed by atoms with Crippen LogP contribution in [0.2, 0.25) is 0 Å². The maximum Gasteiger partial charge on any atom is 0.337 e. The molecule has 0 fully saturated rings. The molecule has 0 saturated carbocycles. The van der Waals surface area contributed by atoms with Gasteiger partial charge in [0.2, 0.25) is 5.91 Å². The molecule has 4 N–H and O–H groups in total. The lowest BCUT2D eigenvalue weighted by atomic mass is 10.1. The predicted octanol–water partition coefficient (Wildman–Crippen LogP) is -0.262. The van der Waals surface area contributed by atoms with E-state index in [1.165, 1.54) is 11.3 Å². The first-order chi connectivity index (χ1) is 9.22. The lowest BCUT2D eigenvalue weighted by Crippen LogP contribution is -2.48. The van der Waals surface area contributed by atoms with Gasteiger partial charge < -0.3 is 20.8 Å². The Kier molecular flexibility index (Phi) is 5.23. The van der Waals surface area contributed by atoms with Gasteiger partial charge in [-0.1, -0.05) is 0 Å². The Bertz CT molecular complexity index is 524. The van der Waals surface area contributed by atoms with E-state index in [-0.39, 0.29) is 12.5 Å². The van der Waals surface area contributed by atoms with Crippen LogP contribution < -0.4 is 10.6 Å². The minimum absolute atomic E-state index is 0.286. The van der Waals surface area contributed by atoms with Crippen LogP contribution in [-0.2, 0) is 9.59 Å². The zero-order valence-electron chi connectivity index (χ0n) is 11.1. The Morgan fingerprint density at radius 3 is 2.45 bits per heavy atom. The highest BCUT2D eigenvalue weighted by Crippen LogP contribution is 2.14. The summed E-state index contributed by atoms with van der Waals surface area (Å²) in [6.45, 7) is 2.21. The van der Waals surface area contributed by atoms with Crippen molar-refractivity contribution in [2.24, 2.45) is 0 Å². The van der Waals surface area contributed by atoms with Gasteiger partial charge in [0.05, 0.1) is 18.0 Å². The standard InChI is InChI=1S/C12H16N2O5S/c1-7-3-4-8(20-7)10(16)13-5-9(15)14-6-12(2,19)11(17)18/h3-4,19H,5-6H2,1-2H3,(H,13,16)(H,14,15)(H,17,18). The first kappa shape index (κ1) is 16.1. The van der Waals surface area contributed by atoms with E-state index in [9.17, 15) is 19.5 Å². The van der Waals surface area contributed by atoms with Gasteiger partial charge in [0.1, 0.15) is 0 Å². The molecule has 1 rings (SSSR count). The van der Waals surface area contributed by atoms with E-state index in [2.05, 4.69) is 10.6 Å². The Hall–Kier alpha value is -1.93. The molecule has 0 aliphatic rings. The van der Waals surface area contributed by atoms with Crippen LogP contribution in [0.3, 0.4) is 0 Å². The second-order valence-corrected chi connectivity index (χ2v) is 5.74. The van der Waals surface area contributed by atoms with Crippen LogP contribution in [-0.4, -0.2) is 46.7 Å². The number of hydrogen-bond donors (Lipinski definition) is 4. The molecule has 0 bridgehead atoms. The summed E-state index contributed by atoms with van der Waals surface area (Å²) in [6, 6.07) is 3.45. The molecule has 0 aromatic carbocycles. The minimum Gasteiger partial charge on any atom is -0.479 e. The number of rotatable bonds is 6. The normalized spacial score (nSPS) is 13.3. The van der Waals surface area contributed by atoms with Gasteiger partial charge in [-0.3, -0.25) is 9.59 Å². The van der Waals surface area contributed by atoms with Gasteiger partial charge >= 0.3 is 5.97 Å². The number of carbonyl (C=O) groups is 3. The predicted molar refractivity (Wildman–Crippen MR) is 72.7 cm³/mol. The number of carboxylic acids is 1. The SMILES string of the molecule is Cc1ccc(C(=O)NCC(=O)NCC(C)(O)C(=O)O)s1. The van der Waals surface area contributed by atoms with Crippen LogP contribution in [0.4, 0.5) is 0 Å². The van der Waals surface area contributed by atoms with Crippen molar-refractivity contribution in [2.75, 3.05) is 13.1 Å². The molecule has 0 aliphatic carbocycles. The lowest BCUT2D eigenvalue weighted by Gasteiger charge is -2.18. The molecule has 1 aromatic heterocycles. The second-order valence-electron chi connectivity index (χ2n) is 4.45. The number of thiophene rings is 1. The lowest BCUT2D eigenvalue weighted by molar-refractivity contribution is -0.156. The molecule has 0 radical (unpaired) electrons. The van der Waals surface area contributed by atoms with Gasteiger partial charge in [0.15, 0.2) is 5.60 Å². The van der Waals surface area contributed by atoms with E-state index < -0.39 is 24.0 Å². The number of nitrogens with one attached hydrogen (secondary N) is 2. The second kappa shape index (κ2) is 6.49. The topological polar surface area (TPSA) is 116 Å². The molecule has 7 nitrogen and oxygen atoms in total. The van der Waals surface area contributed by atoms with Crippen molar-refractivity contribution in [1.82, 2.24) is 10.6 Å². The molecular formula is C12H16N2O5S. The fourth-order valence-electron chi connectivity index (χ4n) is 1.21. The average Bonchev–Trinajstić information content (AvgIpc) is 2.80. The summed E-state index contributed by atoms with van der Waals surface area (Å²) < 4.78 is 0. The van der Waals surface area contributed by atoms with E-state index in [0.29, 0.717) is 4.88 Å². The average molecular weight is 300 g/mol. The van der Waals surface area contributed by atoms with Crippen molar-refractivity contribution in [3.63, 3.8) is 0 Å². The van der Waals surface area contributed by atoms with E-state index in [4.69, 9.17) is 5.11 Å². The van der Waals surface area contributed by atoms with Crippen molar-refractivity contribution in [3.05, 3.63) is 21.9 Å². The highest BCUT2D eigenvalue weighted by atomic mass is 32.1. The monoisotopic (exact) mass is 300 g/mol. The molecule has 1 unspecified atom stereocenters. The summed E-state index contributed by atoms with van der Waals surface area (Å²) in [5.41, 5.74) is -2.04. The van der Waals surface area contributed by atoms with Crippen LogP contribution in [0.25, 0.3) is 0 Å². The fourth-order valence-corrected chi connectivity index (χ4v) is 2.00. The third-order valence-corrected chi connectivity index (χ3v) is 3.46. The Morgan fingerprint density at radius 1 is 1.30 bits per heavy atom. The van der Waals surface area contributed by atoms with Crippen molar-refractivity contribution >= 4 is 29.1 Å². The van der Waals surface area contributed by atoms with Gasteiger partial charge in [-0.15, -0.1) is 11.3 Å². The smallest absolute Gasteiger partial charge is 0.337 e. The minimum atomic E-state index is -2.04. The quantitative estimate of drug-likeness (QED) is 0.577. The maximum atomic E-state index is 11.6. The van der Waals surface area contributed by atoms with Gasteiger partial charge in [-0.05, 0) is 26.0 Å². The van der Waals surface area contributed by atoms with Gasteiger partial charge in [0, 0.05) is 4.88 Å². The summed E-state index contributed by atoms with van der Waals surface area (Å²) in [6.07, 6.45) is 0. The number of aliphatic carboxylic acids is 1. The number of amides is 2. The molecule has 1 heterocycles. The number of hydrogen-bond acceptors (Lipinski definition) is 5. The summed E-state index contributed by atoms with van der Waals surface area (Å²) in [5, 5.41) is 22.7. The highest BCUT2D eigenvalue weighted by Gasteiger charge is 2.30. The van der Waals surface area contributed by atoms with Crippen LogP contribution in [0.15, 0.2) is 12.1 Å². The molecule has 2 amide bonds. The van der Waals surface area contributed by atoms with E-state index in [0.717, 1.165) is 11.8 Å². The summed E-state index contributed by atoms with van der Waals surface area (Å²) in [5.74, 6) is -2.38. The number of carboxylic acid groups (broad SMARTS) is 1. The Balaban J connectivity index is 2.37. The van der Waals surface area contributed by atoms with Gasteiger partial charge in [-0.25, -0.2) is 4.79 Å². The third kappa shape index (κ3) is 4.63. The molecule has 0 saturated heterocycles. The molecular weight excluding hydrogens is 284 g/mol. The van der Waals surface area contributed by atoms with Crippen LogP contribution >= 0.6 is 11.3 Å². The number of aryl methyl sites for hydroxylation is 1. The van der Waals surface area contributed by atoms with Crippen LogP contribution in [0.1, 0.15) is 21.5 Å². The maximum absolute atomic E-state index is 11.6. The molecule has 20 heavy (non-hydrogen) atoms. The summed E-state index contributed by atoms with van der Waals surface area (Å²) >= 11 is 1.31. The number of aliphatic hydroxyl groups is 1. The summed E-state index contributed by atoms with van der Waals surface area (Å²) in [4.78, 5) is 35.2. The Labute approximate surface area is 119 Å². The molecule has 110 valence electrons. The highest BCUT2D eigenvalue weighted by molar-refractivity contribution is 7.13. The number of carbonyl (C=O) groups excluding carboxylic acids is 2. The molecule has 1 atom stereocenters.